The van der Waals surface area contributed by atoms with Gasteiger partial charge in [0, 0.05) is 11.6 Å². The van der Waals surface area contributed by atoms with Crippen molar-refractivity contribution in [2.24, 2.45) is 0 Å². The highest BCUT2D eigenvalue weighted by molar-refractivity contribution is 9.10. The van der Waals surface area contributed by atoms with E-state index in [1.54, 1.807) is 6.92 Å². The zero-order valence-electron chi connectivity index (χ0n) is 9.02. The molecule has 1 aromatic rings. The lowest BCUT2D eigenvalue weighted by atomic mass is 10.3. The molecule has 0 saturated carbocycles. The molecule has 0 amide bonds. The van der Waals surface area contributed by atoms with Gasteiger partial charge in [-0.1, -0.05) is 0 Å². The van der Waals surface area contributed by atoms with E-state index < -0.39 is 21.9 Å². The van der Waals surface area contributed by atoms with Crippen LogP contribution in [0.3, 0.4) is 0 Å². The Hall–Kier alpha value is -1.41. The fraction of sp³-hybridized carbons (Fsp3) is 0.222. The van der Waals surface area contributed by atoms with Crippen LogP contribution in [0.5, 0.6) is 5.75 Å². The largest absolute Gasteiger partial charge is 0.507 e. The zero-order chi connectivity index (χ0) is 14.3. The van der Waals surface area contributed by atoms with Crippen molar-refractivity contribution in [2.45, 2.75) is 6.92 Å². The maximum absolute atomic E-state index is 12.7. The first kappa shape index (κ1) is 16.6. The molecule has 0 aromatic heterocycles. The summed E-state index contributed by atoms with van der Waals surface area (Å²) >= 11 is 7.53. The highest BCUT2D eigenvalue weighted by Gasteiger charge is 2.16. The molecule has 1 N–H and O–H groups in total. The fourth-order valence-electron chi connectivity index (χ4n) is 0.780. The van der Waals surface area contributed by atoms with Crippen LogP contribution in [0.4, 0.5) is 14.9 Å². The number of benzene rings is 1. The second-order valence-electron chi connectivity index (χ2n) is 2.68. The van der Waals surface area contributed by atoms with Crippen molar-refractivity contribution in [3.63, 3.8) is 0 Å². The first-order chi connectivity index (χ1) is 8.29. The Morgan fingerprint density at radius 1 is 1.67 bits per heavy atom. The van der Waals surface area contributed by atoms with E-state index in [1.165, 1.54) is 0 Å². The number of aromatic hydroxyl groups is 1. The summed E-state index contributed by atoms with van der Waals surface area (Å²) in [6.45, 7) is 2.04. The molecule has 0 bridgehead atoms. The van der Waals surface area contributed by atoms with Crippen molar-refractivity contribution >= 4 is 38.6 Å². The second kappa shape index (κ2) is 7.83. The predicted octanol–water partition coefficient (Wildman–Crippen LogP) is 3.58. The SMILES string of the molecule is CCOC(=O)Cl.O=[N+]([O-])c1cc(O)c(Br)cc1F. The van der Waals surface area contributed by atoms with Gasteiger partial charge in [-0.05, 0) is 28.9 Å². The number of nitro groups is 1. The van der Waals surface area contributed by atoms with E-state index in [0.717, 1.165) is 12.1 Å². The van der Waals surface area contributed by atoms with Crippen LogP contribution in [0.15, 0.2) is 16.6 Å². The number of hydrogen-bond acceptors (Lipinski definition) is 5. The molecule has 0 unspecified atom stereocenters. The van der Waals surface area contributed by atoms with Crippen molar-refractivity contribution in [3.05, 3.63) is 32.5 Å². The van der Waals surface area contributed by atoms with E-state index in [1.807, 2.05) is 0 Å². The maximum atomic E-state index is 12.7. The van der Waals surface area contributed by atoms with Crippen LogP contribution < -0.4 is 0 Å². The average Bonchev–Trinajstić information content (AvgIpc) is 2.23. The van der Waals surface area contributed by atoms with Gasteiger partial charge in [0.25, 0.3) is 0 Å². The molecule has 0 saturated heterocycles. The van der Waals surface area contributed by atoms with Gasteiger partial charge in [0.2, 0.25) is 5.82 Å². The van der Waals surface area contributed by atoms with Crippen molar-refractivity contribution in [2.75, 3.05) is 6.61 Å². The normalized spacial score (nSPS) is 9.11. The van der Waals surface area contributed by atoms with Gasteiger partial charge in [-0.25, -0.2) is 4.79 Å². The van der Waals surface area contributed by atoms with Gasteiger partial charge in [0.05, 0.1) is 22.1 Å². The van der Waals surface area contributed by atoms with E-state index in [4.69, 9.17) is 16.7 Å². The van der Waals surface area contributed by atoms with Crippen molar-refractivity contribution in [3.8, 4) is 5.75 Å². The molecule has 1 rings (SSSR count). The van der Waals surface area contributed by atoms with Crippen molar-refractivity contribution in [1.82, 2.24) is 0 Å². The minimum Gasteiger partial charge on any atom is -0.507 e. The number of carbonyl (C=O) groups is 1. The molecule has 0 aliphatic heterocycles. The van der Waals surface area contributed by atoms with Crippen LogP contribution in [-0.2, 0) is 4.74 Å². The van der Waals surface area contributed by atoms with Gasteiger partial charge >= 0.3 is 11.1 Å². The van der Waals surface area contributed by atoms with Gasteiger partial charge in [-0.2, -0.15) is 4.39 Å². The topological polar surface area (TPSA) is 89.7 Å². The third-order valence-corrected chi connectivity index (χ3v) is 2.22. The minimum atomic E-state index is -0.982. The Morgan fingerprint density at radius 3 is 2.56 bits per heavy atom. The molecule has 0 aliphatic carbocycles. The van der Waals surface area contributed by atoms with Gasteiger partial charge in [0.15, 0.2) is 0 Å². The van der Waals surface area contributed by atoms with E-state index in [2.05, 4.69) is 20.7 Å². The van der Waals surface area contributed by atoms with Crippen LogP contribution >= 0.6 is 27.5 Å². The summed E-state index contributed by atoms with van der Waals surface area (Å²) in [6, 6.07) is 1.59. The van der Waals surface area contributed by atoms with E-state index in [0.29, 0.717) is 6.61 Å². The highest BCUT2D eigenvalue weighted by atomic mass is 79.9. The third-order valence-electron chi connectivity index (χ3n) is 1.47. The first-order valence-corrected chi connectivity index (χ1v) is 5.61. The number of ether oxygens (including phenoxy) is 1. The molecule has 0 radical (unpaired) electrons. The second-order valence-corrected chi connectivity index (χ2v) is 3.85. The Balaban J connectivity index is 0.000000411. The number of phenolic OH excluding ortho intramolecular Hbond substituents is 1. The molecule has 0 fully saturated rings. The summed E-state index contributed by atoms with van der Waals surface area (Å²) in [6.07, 6.45) is 0. The summed E-state index contributed by atoms with van der Waals surface area (Å²) in [5, 5.41) is 19.1. The number of hydrogen-bond donors (Lipinski definition) is 1. The molecule has 18 heavy (non-hydrogen) atoms. The molecular weight excluding hydrogens is 336 g/mol. The van der Waals surface area contributed by atoms with Crippen LogP contribution in [0, 0.1) is 15.9 Å². The molecule has 0 heterocycles. The fourth-order valence-corrected chi connectivity index (χ4v) is 1.20. The average molecular weight is 345 g/mol. The maximum Gasteiger partial charge on any atom is 0.403 e. The Labute approximate surface area is 115 Å². The van der Waals surface area contributed by atoms with Gasteiger partial charge in [0.1, 0.15) is 5.75 Å². The Bertz CT molecular complexity index is 457. The van der Waals surface area contributed by atoms with E-state index in [-0.39, 0.29) is 10.2 Å². The number of halogens is 3. The lowest BCUT2D eigenvalue weighted by molar-refractivity contribution is -0.387. The van der Waals surface area contributed by atoms with Crippen molar-refractivity contribution in [1.29, 1.82) is 0 Å². The molecule has 6 nitrogen and oxygen atoms in total. The molecule has 1 aromatic carbocycles. The summed E-state index contributed by atoms with van der Waals surface area (Å²) in [4.78, 5) is 18.8. The van der Waals surface area contributed by atoms with Gasteiger partial charge in [-0.3, -0.25) is 10.1 Å². The third kappa shape index (κ3) is 5.78. The minimum absolute atomic E-state index is 0.0885. The smallest absolute Gasteiger partial charge is 0.403 e. The number of nitro benzene ring substituents is 1. The quantitative estimate of drug-likeness (QED) is 0.503. The number of carbonyl (C=O) groups excluding carboxylic acids is 1. The van der Waals surface area contributed by atoms with E-state index in [9.17, 15) is 19.3 Å². The number of nitrogens with zero attached hydrogens (tertiary/aromatic N) is 1. The molecule has 9 heteroatoms. The van der Waals surface area contributed by atoms with Crippen LogP contribution in [-0.4, -0.2) is 22.1 Å². The summed E-state index contributed by atoms with van der Waals surface area (Å²) in [5.41, 5.74) is -1.48. The highest BCUT2D eigenvalue weighted by Crippen LogP contribution is 2.30. The van der Waals surface area contributed by atoms with Crippen molar-refractivity contribution < 1.29 is 24.0 Å². The van der Waals surface area contributed by atoms with Crippen LogP contribution in [0.25, 0.3) is 0 Å². The van der Waals surface area contributed by atoms with Crippen LogP contribution in [0.2, 0.25) is 0 Å². The summed E-state index contributed by atoms with van der Waals surface area (Å²) < 4.78 is 17.0. The monoisotopic (exact) mass is 343 g/mol. The Kier molecular flexibility index (Phi) is 7.21. The predicted molar refractivity (Wildman–Crippen MR) is 65.3 cm³/mol. The lowest BCUT2D eigenvalue weighted by Crippen LogP contribution is -1.91. The van der Waals surface area contributed by atoms with Gasteiger partial charge in [-0.15, -0.1) is 0 Å². The van der Waals surface area contributed by atoms with E-state index >= 15 is 0 Å². The summed E-state index contributed by atoms with van der Waals surface area (Å²) in [5.74, 6) is -1.34. The number of rotatable bonds is 2. The molecule has 0 aliphatic rings. The Morgan fingerprint density at radius 2 is 2.22 bits per heavy atom. The first-order valence-electron chi connectivity index (χ1n) is 4.44. The molecule has 0 spiro atoms. The molecular formula is C9H8BrClFNO5. The number of phenols is 1. The standard InChI is InChI=1S/C6H3BrFNO3.C3H5ClO2/c7-3-1-4(8)5(9(11)12)2-6(3)10;1-2-6-3(4)5/h1-2,10H;2H2,1H3. The molecule has 100 valence electrons. The van der Waals surface area contributed by atoms with Crippen LogP contribution in [0.1, 0.15) is 6.92 Å². The van der Waals surface area contributed by atoms with Gasteiger partial charge < -0.3 is 9.84 Å². The zero-order valence-corrected chi connectivity index (χ0v) is 11.4. The lowest BCUT2D eigenvalue weighted by Gasteiger charge is -1.97. The molecule has 0 atom stereocenters. The summed E-state index contributed by atoms with van der Waals surface area (Å²) in [7, 11) is 0.